The van der Waals surface area contributed by atoms with Crippen LogP contribution in [-0.2, 0) is 16.1 Å². The highest BCUT2D eigenvalue weighted by molar-refractivity contribution is 6.11. The lowest BCUT2D eigenvalue weighted by atomic mass is 10.0. The van der Waals surface area contributed by atoms with Crippen LogP contribution in [-0.4, -0.2) is 33.7 Å². The van der Waals surface area contributed by atoms with E-state index in [9.17, 15) is 9.59 Å². The number of anilines is 1. The van der Waals surface area contributed by atoms with E-state index in [0.29, 0.717) is 23.8 Å². The molecule has 0 saturated heterocycles. The summed E-state index contributed by atoms with van der Waals surface area (Å²) in [5.74, 6) is 1.09. The van der Waals surface area contributed by atoms with Gasteiger partial charge >= 0.3 is 0 Å². The van der Waals surface area contributed by atoms with Gasteiger partial charge in [-0.15, -0.1) is 0 Å². The maximum Gasteiger partial charge on any atom is 0.266 e. The number of hydrogen-bond donors (Lipinski definition) is 1. The highest BCUT2D eigenvalue weighted by atomic mass is 16.5. The summed E-state index contributed by atoms with van der Waals surface area (Å²) in [6, 6.07) is 13.4. The molecule has 2 aromatic heterocycles. The van der Waals surface area contributed by atoms with E-state index in [2.05, 4.69) is 16.7 Å². The molecule has 1 aliphatic heterocycles. The molecule has 9 heteroatoms. The Balaban J connectivity index is 1.58. The first-order valence-corrected chi connectivity index (χ1v) is 11.6. The Bertz CT molecular complexity index is 1540. The summed E-state index contributed by atoms with van der Waals surface area (Å²) in [5.41, 5.74) is 10.2. The lowest BCUT2D eigenvalue weighted by Gasteiger charge is -2.24. The van der Waals surface area contributed by atoms with E-state index in [1.165, 1.54) is 4.68 Å². The number of methoxy groups -OCH3 is 1. The predicted molar refractivity (Wildman–Crippen MR) is 140 cm³/mol. The van der Waals surface area contributed by atoms with Crippen molar-refractivity contribution in [2.75, 3.05) is 12.0 Å². The molecule has 0 radical (unpaired) electrons. The van der Waals surface area contributed by atoms with Crippen molar-refractivity contribution in [2.24, 2.45) is 5.73 Å². The van der Waals surface area contributed by atoms with Crippen LogP contribution >= 0.6 is 0 Å². The number of carbonyl (C=O) groups excluding carboxylic acids is 2. The Kier molecular flexibility index (Phi) is 6.19. The number of amides is 2. The first-order valence-electron chi connectivity index (χ1n) is 11.6. The van der Waals surface area contributed by atoms with Crippen LogP contribution in [0.2, 0.25) is 0 Å². The van der Waals surface area contributed by atoms with Crippen LogP contribution in [0.1, 0.15) is 29.2 Å². The third-order valence-corrected chi connectivity index (χ3v) is 6.17. The van der Waals surface area contributed by atoms with Gasteiger partial charge in [0.1, 0.15) is 17.2 Å². The molecule has 0 unspecified atom stereocenters. The second-order valence-corrected chi connectivity index (χ2v) is 8.71. The zero-order valence-electron chi connectivity index (χ0n) is 20.5. The molecule has 0 spiro atoms. The quantitative estimate of drug-likeness (QED) is 0.382. The van der Waals surface area contributed by atoms with E-state index in [-0.39, 0.29) is 18.0 Å². The minimum atomic E-state index is -0.660. The van der Waals surface area contributed by atoms with Crippen molar-refractivity contribution in [3.05, 3.63) is 90.4 Å². The van der Waals surface area contributed by atoms with E-state index in [1.54, 1.807) is 30.6 Å². The first-order chi connectivity index (χ1) is 17.8. The van der Waals surface area contributed by atoms with Crippen molar-refractivity contribution < 1.29 is 18.7 Å². The topological polar surface area (TPSA) is 116 Å². The van der Waals surface area contributed by atoms with Crippen molar-refractivity contribution in [3.8, 4) is 16.9 Å². The summed E-state index contributed by atoms with van der Waals surface area (Å²) in [4.78, 5) is 31.2. The van der Waals surface area contributed by atoms with E-state index in [0.717, 1.165) is 33.7 Å². The standard InChI is InChI=1S/C28H25N5O4/c1-17-13-30-28(37-17)22-10-21-7-6-20(23-14-31-33(16-23)18(2)27(29)35)11-25(21)32(26(34)12-22)15-19-4-8-24(36-3)9-5-19/h4-11,13-14,16H,2,12,15H2,1,3H3,(H2,29,35). The summed E-state index contributed by atoms with van der Waals surface area (Å²) in [7, 11) is 1.61. The molecule has 0 atom stereocenters. The highest BCUT2D eigenvalue weighted by Gasteiger charge is 2.26. The number of rotatable bonds is 7. The first kappa shape index (κ1) is 23.8. The van der Waals surface area contributed by atoms with Crippen molar-refractivity contribution in [1.29, 1.82) is 0 Å². The van der Waals surface area contributed by atoms with Crippen molar-refractivity contribution in [1.82, 2.24) is 14.8 Å². The molecular weight excluding hydrogens is 470 g/mol. The molecule has 9 nitrogen and oxygen atoms in total. The SMILES string of the molecule is C=C(C(N)=O)n1cc(-c2ccc3c(c2)N(Cc2ccc(OC)cc2)C(=O)CC(c2ncc(C)o2)=C3)cn1. The van der Waals surface area contributed by atoms with Crippen LogP contribution in [0.15, 0.2) is 72.1 Å². The summed E-state index contributed by atoms with van der Waals surface area (Å²) in [5, 5.41) is 4.21. The summed E-state index contributed by atoms with van der Waals surface area (Å²) in [6.07, 6.45) is 7.02. The van der Waals surface area contributed by atoms with Crippen LogP contribution in [0.3, 0.4) is 0 Å². The molecule has 0 saturated carbocycles. The van der Waals surface area contributed by atoms with Gasteiger partial charge in [0.2, 0.25) is 11.8 Å². The van der Waals surface area contributed by atoms with Gasteiger partial charge in [0.15, 0.2) is 0 Å². The Labute approximate surface area is 213 Å². The van der Waals surface area contributed by atoms with Gasteiger partial charge in [0.05, 0.1) is 38.2 Å². The average molecular weight is 496 g/mol. The number of fused-ring (bicyclic) bond motifs is 1. The number of nitrogens with zero attached hydrogens (tertiary/aromatic N) is 4. The number of hydrogen-bond acceptors (Lipinski definition) is 6. The van der Waals surface area contributed by atoms with Gasteiger partial charge in [-0.3, -0.25) is 9.59 Å². The maximum absolute atomic E-state index is 13.6. The average Bonchev–Trinajstić information content (AvgIpc) is 3.54. The molecule has 0 fully saturated rings. The van der Waals surface area contributed by atoms with Crippen LogP contribution in [0, 0.1) is 6.92 Å². The maximum atomic E-state index is 13.6. The van der Waals surface area contributed by atoms with Crippen LogP contribution in [0.4, 0.5) is 5.69 Å². The summed E-state index contributed by atoms with van der Waals surface area (Å²) in [6.45, 7) is 5.86. The van der Waals surface area contributed by atoms with Gasteiger partial charge in [-0.25, -0.2) is 9.67 Å². The third kappa shape index (κ3) is 4.79. The molecule has 2 amide bonds. The van der Waals surface area contributed by atoms with E-state index < -0.39 is 5.91 Å². The van der Waals surface area contributed by atoms with Gasteiger partial charge in [-0.1, -0.05) is 30.8 Å². The van der Waals surface area contributed by atoms with E-state index in [4.69, 9.17) is 14.9 Å². The monoisotopic (exact) mass is 495 g/mol. The van der Waals surface area contributed by atoms with Crippen molar-refractivity contribution in [3.63, 3.8) is 0 Å². The van der Waals surface area contributed by atoms with E-state index >= 15 is 0 Å². The largest absolute Gasteiger partial charge is 0.497 e. The fraction of sp³-hybridized carbons (Fsp3) is 0.143. The second-order valence-electron chi connectivity index (χ2n) is 8.71. The van der Waals surface area contributed by atoms with Gasteiger partial charge in [-0.05, 0) is 47.9 Å². The molecule has 2 N–H and O–H groups in total. The normalized spacial score (nSPS) is 13.1. The second kappa shape index (κ2) is 9.62. The number of primary amides is 1. The summed E-state index contributed by atoms with van der Waals surface area (Å²) < 4.78 is 12.3. The van der Waals surface area contributed by atoms with Crippen LogP contribution < -0.4 is 15.4 Å². The lowest BCUT2D eigenvalue weighted by Crippen LogP contribution is -2.30. The molecule has 1 aliphatic rings. The number of nitrogens with two attached hydrogens (primary N) is 1. The Morgan fingerprint density at radius 2 is 1.95 bits per heavy atom. The molecule has 0 aliphatic carbocycles. The number of carbonyl (C=O) groups is 2. The molecule has 186 valence electrons. The number of aromatic nitrogens is 3. The molecule has 3 heterocycles. The Morgan fingerprint density at radius 3 is 2.62 bits per heavy atom. The smallest absolute Gasteiger partial charge is 0.266 e. The molecular formula is C28H25N5O4. The zero-order chi connectivity index (χ0) is 26.1. The van der Waals surface area contributed by atoms with Crippen LogP contribution in [0.25, 0.3) is 28.5 Å². The fourth-order valence-corrected chi connectivity index (χ4v) is 4.17. The fourth-order valence-electron chi connectivity index (χ4n) is 4.17. The van der Waals surface area contributed by atoms with Gasteiger partial charge < -0.3 is 19.8 Å². The molecule has 4 aromatic rings. The van der Waals surface area contributed by atoms with Gasteiger partial charge in [0, 0.05) is 17.3 Å². The predicted octanol–water partition coefficient (Wildman–Crippen LogP) is 4.29. The molecule has 5 rings (SSSR count). The van der Waals surface area contributed by atoms with Gasteiger partial charge in [-0.2, -0.15) is 5.10 Å². The molecule has 2 aromatic carbocycles. The Morgan fingerprint density at radius 1 is 1.16 bits per heavy atom. The van der Waals surface area contributed by atoms with Crippen molar-refractivity contribution in [2.45, 2.75) is 19.9 Å². The van der Waals surface area contributed by atoms with Crippen molar-refractivity contribution >= 4 is 34.8 Å². The minimum Gasteiger partial charge on any atom is -0.497 e. The summed E-state index contributed by atoms with van der Waals surface area (Å²) >= 11 is 0. The van der Waals surface area contributed by atoms with E-state index in [1.807, 2.05) is 55.5 Å². The Hall–Kier alpha value is -4.92. The molecule has 0 bridgehead atoms. The molecule has 37 heavy (non-hydrogen) atoms. The number of benzene rings is 2. The minimum absolute atomic E-state index is 0.0612. The number of aryl methyl sites for hydroxylation is 1. The zero-order valence-corrected chi connectivity index (χ0v) is 20.5. The lowest BCUT2D eigenvalue weighted by molar-refractivity contribution is -0.117. The number of oxazole rings is 1. The number of ether oxygens (including phenoxy) is 1. The van der Waals surface area contributed by atoms with Gasteiger partial charge in [0.25, 0.3) is 5.91 Å². The third-order valence-electron chi connectivity index (χ3n) is 6.17. The van der Waals surface area contributed by atoms with Crippen LogP contribution in [0.5, 0.6) is 5.75 Å². The highest BCUT2D eigenvalue weighted by Crippen LogP contribution is 2.36.